The van der Waals surface area contributed by atoms with Crippen molar-refractivity contribution in [1.29, 1.82) is 0 Å². The molecule has 0 bridgehead atoms. The molecule has 3 nitrogen and oxygen atoms in total. The van der Waals surface area contributed by atoms with Gasteiger partial charge in [0, 0.05) is 37.8 Å². The molecule has 0 saturated carbocycles. The molecule has 0 aromatic heterocycles. The lowest BCUT2D eigenvalue weighted by atomic mass is 9.83. The molecule has 0 N–H and O–H groups in total. The molecule has 0 spiro atoms. The van der Waals surface area contributed by atoms with Gasteiger partial charge in [-0.3, -0.25) is 4.79 Å². The van der Waals surface area contributed by atoms with Crippen LogP contribution < -0.4 is 0 Å². The van der Waals surface area contributed by atoms with E-state index in [1.54, 1.807) is 0 Å². The van der Waals surface area contributed by atoms with Crippen molar-refractivity contribution in [2.45, 2.75) is 31.9 Å². The molecule has 17 heavy (non-hydrogen) atoms. The van der Waals surface area contributed by atoms with Gasteiger partial charge >= 0.3 is 0 Å². The van der Waals surface area contributed by atoms with Crippen LogP contribution in [0.15, 0.2) is 0 Å². The molecule has 4 heteroatoms. The molecule has 1 amide bonds. The largest absolute Gasteiger partial charge is 0.340 e. The number of hydrogen-bond acceptors (Lipinski definition) is 3. The van der Waals surface area contributed by atoms with Crippen molar-refractivity contribution in [3.05, 3.63) is 0 Å². The number of amides is 1. The molecule has 2 saturated heterocycles. The summed E-state index contributed by atoms with van der Waals surface area (Å²) in [5.74, 6) is 1.63. The molecule has 98 valence electrons. The normalized spacial score (nSPS) is 26.8. The zero-order valence-corrected chi connectivity index (χ0v) is 12.1. The Labute approximate surface area is 109 Å². The van der Waals surface area contributed by atoms with Gasteiger partial charge in [0.2, 0.25) is 5.91 Å². The molecule has 0 aromatic carbocycles. The van der Waals surface area contributed by atoms with E-state index in [9.17, 15) is 4.79 Å². The molecular formula is C13H24N2OS. The molecule has 0 aliphatic carbocycles. The number of nitrogens with zero attached hydrogens (tertiary/aromatic N) is 2. The van der Waals surface area contributed by atoms with Crippen LogP contribution in [-0.4, -0.2) is 59.9 Å². The highest BCUT2D eigenvalue weighted by molar-refractivity contribution is 8.01. The van der Waals surface area contributed by atoms with Gasteiger partial charge in [-0.2, -0.15) is 11.8 Å². The Morgan fingerprint density at radius 2 is 1.88 bits per heavy atom. The van der Waals surface area contributed by atoms with Crippen molar-refractivity contribution < 1.29 is 4.79 Å². The van der Waals surface area contributed by atoms with E-state index in [4.69, 9.17) is 0 Å². The molecule has 0 radical (unpaired) electrons. The third-order valence-corrected chi connectivity index (χ3v) is 5.78. The lowest BCUT2D eigenvalue weighted by Crippen LogP contribution is -2.49. The van der Waals surface area contributed by atoms with Crippen molar-refractivity contribution in [2.24, 2.45) is 5.41 Å². The quantitative estimate of drug-likeness (QED) is 0.767. The number of rotatable bonds is 3. The first-order valence-corrected chi connectivity index (χ1v) is 7.62. The predicted molar refractivity (Wildman–Crippen MR) is 73.3 cm³/mol. The van der Waals surface area contributed by atoms with E-state index in [0.29, 0.717) is 17.6 Å². The second kappa shape index (κ2) is 5.19. The van der Waals surface area contributed by atoms with Crippen LogP contribution in [0.4, 0.5) is 0 Å². The zero-order valence-electron chi connectivity index (χ0n) is 11.2. The minimum atomic E-state index is 0.170. The summed E-state index contributed by atoms with van der Waals surface area (Å²) >= 11 is 2.02. The monoisotopic (exact) mass is 256 g/mol. The van der Waals surface area contributed by atoms with Crippen LogP contribution in [0, 0.1) is 5.41 Å². The first kappa shape index (κ1) is 13.2. The molecule has 0 aromatic rings. The highest BCUT2D eigenvalue weighted by Gasteiger charge is 2.37. The maximum atomic E-state index is 12.3. The summed E-state index contributed by atoms with van der Waals surface area (Å²) in [6.07, 6.45) is 2.00. The number of carbonyl (C=O) groups excluding carboxylic acids is 1. The van der Waals surface area contributed by atoms with Gasteiger partial charge in [0.25, 0.3) is 0 Å². The average Bonchev–Trinajstić information content (AvgIpc) is 2.13. The third kappa shape index (κ3) is 3.16. The second-order valence-electron chi connectivity index (χ2n) is 6.00. The van der Waals surface area contributed by atoms with Gasteiger partial charge in [-0.05, 0) is 24.6 Å². The van der Waals surface area contributed by atoms with E-state index in [0.717, 1.165) is 26.2 Å². The van der Waals surface area contributed by atoms with Crippen LogP contribution in [0.2, 0.25) is 0 Å². The molecule has 2 aliphatic heterocycles. The van der Waals surface area contributed by atoms with E-state index in [1.807, 2.05) is 16.7 Å². The Bertz CT molecular complexity index is 281. The first-order chi connectivity index (χ1) is 7.99. The summed E-state index contributed by atoms with van der Waals surface area (Å²) in [5.41, 5.74) is 0.170. The van der Waals surface area contributed by atoms with Gasteiger partial charge in [-0.25, -0.2) is 0 Å². The zero-order chi connectivity index (χ0) is 12.5. The van der Waals surface area contributed by atoms with Gasteiger partial charge in [-0.15, -0.1) is 0 Å². The number of carbonyl (C=O) groups is 1. The maximum absolute atomic E-state index is 12.3. The molecule has 2 rings (SSSR count). The summed E-state index contributed by atoms with van der Waals surface area (Å²) in [4.78, 5) is 16.6. The van der Waals surface area contributed by atoms with E-state index < -0.39 is 0 Å². The fraction of sp³-hybridized carbons (Fsp3) is 0.923. The van der Waals surface area contributed by atoms with Gasteiger partial charge < -0.3 is 9.80 Å². The van der Waals surface area contributed by atoms with Crippen LogP contribution >= 0.6 is 11.8 Å². The Kier molecular flexibility index (Phi) is 4.03. The lowest BCUT2D eigenvalue weighted by Gasteiger charge is -2.41. The second-order valence-corrected chi connectivity index (χ2v) is 7.31. The van der Waals surface area contributed by atoms with Crippen molar-refractivity contribution >= 4 is 17.7 Å². The van der Waals surface area contributed by atoms with Gasteiger partial charge in [0.05, 0.1) is 0 Å². The first-order valence-electron chi connectivity index (χ1n) is 6.57. The number of thioether (sulfide) groups is 1. The van der Waals surface area contributed by atoms with Crippen LogP contribution in [0.25, 0.3) is 0 Å². The van der Waals surface area contributed by atoms with Crippen LogP contribution in [0.5, 0.6) is 0 Å². The smallest absolute Gasteiger partial charge is 0.223 e. The van der Waals surface area contributed by atoms with Gasteiger partial charge in [0.15, 0.2) is 0 Å². The fourth-order valence-electron chi connectivity index (χ4n) is 2.52. The minimum absolute atomic E-state index is 0.170. The number of hydrogen-bond donors (Lipinski definition) is 0. The van der Waals surface area contributed by atoms with Crippen molar-refractivity contribution in [3.8, 4) is 0 Å². The average molecular weight is 256 g/mol. The SMILES string of the molecule is CN1CCN(C(=O)CC(C)(C)C2CCS2)CC1. The Balaban J connectivity index is 1.83. The summed E-state index contributed by atoms with van der Waals surface area (Å²) < 4.78 is 0. The summed E-state index contributed by atoms with van der Waals surface area (Å²) in [6, 6.07) is 0. The van der Waals surface area contributed by atoms with Crippen LogP contribution in [-0.2, 0) is 4.79 Å². The summed E-state index contributed by atoms with van der Waals surface area (Å²) in [6.45, 7) is 8.34. The van der Waals surface area contributed by atoms with Crippen LogP contribution in [0.3, 0.4) is 0 Å². The maximum Gasteiger partial charge on any atom is 0.223 e. The van der Waals surface area contributed by atoms with Crippen molar-refractivity contribution in [2.75, 3.05) is 39.0 Å². The summed E-state index contributed by atoms with van der Waals surface area (Å²) in [7, 11) is 2.12. The Morgan fingerprint density at radius 3 is 2.35 bits per heavy atom. The van der Waals surface area contributed by atoms with E-state index in [-0.39, 0.29) is 5.41 Å². The standard InChI is InChI=1S/C13H24N2OS/c1-13(2,11-4-9-17-11)10-12(16)15-7-5-14(3)6-8-15/h11H,4-10H2,1-3H3. The molecule has 2 aliphatic rings. The van der Waals surface area contributed by atoms with E-state index in [1.165, 1.54) is 12.2 Å². The fourth-order valence-corrected chi connectivity index (χ4v) is 3.53. The van der Waals surface area contributed by atoms with Gasteiger partial charge in [-0.1, -0.05) is 13.8 Å². The van der Waals surface area contributed by atoms with E-state index >= 15 is 0 Å². The van der Waals surface area contributed by atoms with Crippen LogP contribution in [0.1, 0.15) is 26.7 Å². The van der Waals surface area contributed by atoms with Crippen molar-refractivity contribution in [1.82, 2.24) is 9.80 Å². The lowest BCUT2D eigenvalue weighted by molar-refractivity contribution is -0.134. The van der Waals surface area contributed by atoms with E-state index in [2.05, 4.69) is 25.8 Å². The molecule has 2 fully saturated rings. The highest BCUT2D eigenvalue weighted by atomic mass is 32.2. The number of piperazine rings is 1. The Hall–Kier alpha value is -0.220. The topological polar surface area (TPSA) is 23.6 Å². The molecule has 1 atom stereocenters. The predicted octanol–water partition coefficient (Wildman–Crippen LogP) is 1.68. The van der Waals surface area contributed by atoms with Crippen molar-refractivity contribution in [3.63, 3.8) is 0 Å². The number of likely N-dealkylation sites (N-methyl/N-ethyl adjacent to an activating group) is 1. The molecule has 2 heterocycles. The van der Waals surface area contributed by atoms with Gasteiger partial charge in [0.1, 0.15) is 0 Å². The third-order valence-electron chi connectivity index (χ3n) is 4.03. The minimum Gasteiger partial charge on any atom is -0.340 e. The Morgan fingerprint density at radius 1 is 1.29 bits per heavy atom. The highest BCUT2D eigenvalue weighted by Crippen LogP contribution is 2.43. The molecule has 1 unspecified atom stereocenters. The summed E-state index contributed by atoms with van der Waals surface area (Å²) in [5, 5.41) is 0.693. The molecular weight excluding hydrogens is 232 g/mol.